The number of carbonyl (C=O) groups excluding carboxylic acids is 1. The number of carbonyl (C=O) groups is 1. The fourth-order valence-corrected chi connectivity index (χ4v) is 3.32. The van der Waals surface area contributed by atoms with Crippen molar-refractivity contribution < 1.29 is 9.53 Å². The van der Waals surface area contributed by atoms with Crippen molar-refractivity contribution in [2.24, 2.45) is 0 Å². The van der Waals surface area contributed by atoms with Crippen molar-refractivity contribution in [3.63, 3.8) is 0 Å². The van der Waals surface area contributed by atoms with Crippen molar-refractivity contribution >= 4 is 38.5 Å². The van der Waals surface area contributed by atoms with Gasteiger partial charge < -0.3 is 4.74 Å². The summed E-state index contributed by atoms with van der Waals surface area (Å²) in [5.74, 6) is 0. The fraction of sp³-hybridized carbons (Fsp3) is 0.286. The Balaban J connectivity index is 1.94. The summed E-state index contributed by atoms with van der Waals surface area (Å²) in [5, 5.41) is 2.63. The van der Waals surface area contributed by atoms with Crippen LogP contribution in [0.25, 0.3) is 11.3 Å². The summed E-state index contributed by atoms with van der Waals surface area (Å²) in [6, 6.07) is 7.94. The minimum atomic E-state index is -0.355. The third-order valence-corrected chi connectivity index (χ3v) is 4.51. The average Bonchev–Trinajstić information content (AvgIpc) is 2.95. The first-order valence-corrected chi connectivity index (χ1v) is 7.83. The van der Waals surface area contributed by atoms with Gasteiger partial charge in [-0.25, -0.2) is 14.7 Å². The number of amides is 1. The van der Waals surface area contributed by atoms with Crippen LogP contribution in [0.15, 0.2) is 34.1 Å². The van der Waals surface area contributed by atoms with E-state index in [0.717, 1.165) is 15.7 Å². The van der Waals surface area contributed by atoms with Crippen molar-refractivity contribution in [1.29, 1.82) is 0 Å². The molecule has 1 aromatic heterocycles. The molecular weight excluding hydrogens is 340 g/mol. The number of rotatable bonds is 2. The number of nitrogens with zero attached hydrogens (tertiary/aromatic N) is 2. The van der Waals surface area contributed by atoms with E-state index in [1.165, 1.54) is 11.3 Å². The molecule has 1 aromatic carbocycles. The van der Waals surface area contributed by atoms with Crippen molar-refractivity contribution in [2.75, 3.05) is 11.5 Å². The highest BCUT2D eigenvalue weighted by molar-refractivity contribution is 9.10. The molecule has 2 aromatic rings. The second-order valence-electron chi connectivity index (χ2n) is 5.22. The maximum absolute atomic E-state index is 11.8. The number of anilines is 1. The molecule has 3 rings (SSSR count). The summed E-state index contributed by atoms with van der Waals surface area (Å²) >= 11 is 4.87. The molecular formula is C14H13BrN2O2S. The van der Waals surface area contributed by atoms with Crippen LogP contribution in [-0.4, -0.2) is 23.2 Å². The van der Waals surface area contributed by atoms with Crippen LogP contribution in [0.1, 0.15) is 13.8 Å². The third-order valence-electron chi connectivity index (χ3n) is 3.16. The van der Waals surface area contributed by atoms with Crippen molar-refractivity contribution in [3.8, 4) is 11.3 Å². The molecule has 1 aliphatic heterocycles. The second kappa shape index (κ2) is 4.86. The molecule has 0 unspecified atom stereocenters. The van der Waals surface area contributed by atoms with Gasteiger partial charge >= 0.3 is 6.09 Å². The summed E-state index contributed by atoms with van der Waals surface area (Å²) < 4.78 is 6.14. The zero-order valence-corrected chi connectivity index (χ0v) is 13.5. The Kier molecular flexibility index (Phi) is 3.30. The quantitative estimate of drug-likeness (QED) is 0.808. The van der Waals surface area contributed by atoms with Gasteiger partial charge in [0.1, 0.15) is 6.61 Å². The largest absolute Gasteiger partial charge is 0.447 e. The SMILES string of the molecule is CC1(C)COC(=O)N1c1nc(-c2ccc(Br)cc2)cs1. The van der Waals surface area contributed by atoms with Crippen LogP contribution in [0.4, 0.5) is 9.93 Å². The third kappa shape index (κ3) is 2.33. The standard InChI is InChI=1S/C14H13BrN2O2S/c1-14(2)8-19-13(18)17(14)12-16-11(7-20-12)9-3-5-10(15)6-4-9/h3-7H,8H2,1-2H3. The predicted octanol–water partition coefficient (Wildman–Crippen LogP) is 4.31. The van der Waals surface area contributed by atoms with Crippen LogP contribution in [0.3, 0.4) is 0 Å². The number of thiazole rings is 1. The Morgan fingerprint density at radius 2 is 2.05 bits per heavy atom. The Bertz CT molecular complexity index is 651. The van der Waals surface area contributed by atoms with Crippen LogP contribution in [-0.2, 0) is 4.74 Å². The average molecular weight is 353 g/mol. The molecule has 0 atom stereocenters. The highest BCUT2D eigenvalue weighted by Crippen LogP contribution is 2.35. The van der Waals surface area contributed by atoms with Gasteiger partial charge in [0.15, 0.2) is 5.13 Å². The smallest absolute Gasteiger partial charge is 0.416 e. The minimum absolute atomic E-state index is 0.327. The molecule has 0 spiro atoms. The van der Waals surface area contributed by atoms with Gasteiger partial charge in [-0.05, 0) is 26.0 Å². The molecule has 0 aliphatic carbocycles. The van der Waals surface area contributed by atoms with Crippen molar-refractivity contribution in [1.82, 2.24) is 4.98 Å². The zero-order valence-electron chi connectivity index (χ0n) is 11.1. The lowest BCUT2D eigenvalue weighted by Crippen LogP contribution is -2.42. The number of hydrogen-bond donors (Lipinski definition) is 0. The van der Waals surface area contributed by atoms with Gasteiger partial charge in [-0.1, -0.05) is 28.1 Å². The molecule has 2 heterocycles. The molecule has 1 saturated heterocycles. The van der Waals surface area contributed by atoms with E-state index < -0.39 is 0 Å². The molecule has 6 heteroatoms. The van der Waals surface area contributed by atoms with Gasteiger partial charge in [-0.15, -0.1) is 11.3 Å². The molecule has 0 saturated carbocycles. The van der Waals surface area contributed by atoms with Gasteiger partial charge in [0.05, 0.1) is 11.2 Å². The summed E-state index contributed by atoms with van der Waals surface area (Å²) in [4.78, 5) is 18.0. The Morgan fingerprint density at radius 3 is 2.65 bits per heavy atom. The van der Waals surface area contributed by atoms with E-state index in [1.54, 1.807) is 4.90 Å². The van der Waals surface area contributed by atoms with Crippen LogP contribution in [0.5, 0.6) is 0 Å². The lowest BCUT2D eigenvalue weighted by molar-refractivity contribution is 0.175. The first-order valence-electron chi connectivity index (χ1n) is 6.16. The predicted molar refractivity (Wildman–Crippen MR) is 83.2 cm³/mol. The first kappa shape index (κ1) is 13.6. The van der Waals surface area contributed by atoms with Crippen LogP contribution >= 0.6 is 27.3 Å². The first-order chi connectivity index (χ1) is 9.47. The molecule has 104 valence electrons. The van der Waals surface area contributed by atoms with Crippen LogP contribution in [0, 0.1) is 0 Å². The normalized spacial score (nSPS) is 17.4. The number of halogens is 1. The van der Waals surface area contributed by atoms with E-state index >= 15 is 0 Å². The maximum Gasteiger partial charge on any atom is 0.416 e. The van der Waals surface area contributed by atoms with Crippen LogP contribution in [0.2, 0.25) is 0 Å². The molecule has 1 aliphatic rings. The number of cyclic esters (lactones) is 1. The van der Waals surface area contributed by atoms with E-state index in [0.29, 0.717) is 11.7 Å². The molecule has 20 heavy (non-hydrogen) atoms. The fourth-order valence-electron chi connectivity index (χ4n) is 2.07. The van der Waals surface area contributed by atoms with E-state index in [4.69, 9.17) is 4.74 Å². The lowest BCUT2D eigenvalue weighted by atomic mass is 10.1. The topological polar surface area (TPSA) is 42.4 Å². The molecule has 1 fully saturated rings. The van der Waals surface area contributed by atoms with Crippen LogP contribution < -0.4 is 4.90 Å². The Morgan fingerprint density at radius 1 is 1.35 bits per heavy atom. The van der Waals surface area contributed by atoms with E-state index in [9.17, 15) is 4.79 Å². The molecule has 4 nitrogen and oxygen atoms in total. The van der Waals surface area contributed by atoms with Gasteiger partial charge in [-0.3, -0.25) is 0 Å². The Labute approximate surface area is 129 Å². The zero-order chi connectivity index (χ0) is 14.3. The summed E-state index contributed by atoms with van der Waals surface area (Å²) in [7, 11) is 0. The highest BCUT2D eigenvalue weighted by atomic mass is 79.9. The minimum Gasteiger partial charge on any atom is -0.447 e. The molecule has 1 amide bonds. The highest BCUT2D eigenvalue weighted by Gasteiger charge is 2.42. The second-order valence-corrected chi connectivity index (χ2v) is 6.98. The van der Waals surface area contributed by atoms with Crippen molar-refractivity contribution in [2.45, 2.75) is 19.4 Å². The van der Waals surface area contributed by atoms with Gasteiger partial charge in [0.25, 0.3) is 0 Å². The summed E-state index contributed by atoms with van der Waals surface area (Å²) in [5.41, 5.74) is 1.54. The van der Waals surface area contributed by atoms with Gasteiger partial charge in [-0.2, -0.15) is 0 Å². The maximum atomic E-state index is 11.8. The number of ether oxygens (including phenoxy) is 1. The van der Waals surface area contributed by atoms with Gasteiger partial charge in [0.2, 0.25) is 0 Å². The Hall–Kier alpha value is -1.40. The van der Waals surface area contributed by atoms with Gasteiger partial charge in [0, 0.05) is 15.4 Å². The van der Waals surface area contributed by atoms with E-state index in [2.05, 4.69) is 20.9 Å². The van der Waals surface area contributed by atoms with E-state index in [1.807, 2.05) is 43.5 Å². The van der Waals surface area contributed by atoms with E-state index in [-0.39, 0.29) is 11.6 Å². The summed E-state index contributed by atoms with van der Waals surface area (Å²) in [6.45, 7) is 4.33. The van der Waals surface area contributed by atoms with Crippen molar-refractivity contribution in [3.05, 3.63) is 34.1 Å². The monoisotopic (exact) mass is 352 g/mol. The molecule has 0 bridgehead atoms. The summed E-state index contributed by atoms with van der Waals surface area (Å²) in [6.07, 6.45) is -0.327. The number of hydrogen-bond acceptors (Lipinski definition) is 4. The number of aromatic nitrogens is 1. The lowest BCUT2D eigenvalue weighted by Gasteiger charge is -2.24. The molecule has 0 N–H and O–H groups in total. The molecule has 0 radical (unpaired) electrons. The number of benzene rings is 1.